The zero-order valence-corrected chi connectivity index (χ0v) is 12.8. The van der Waals surface area contributed by atoms with Crippen molar-refractivity contribution in [3.05, 3.63) is 34.3 Å². The number of ketones is 1. The van der Waals surface area contributed by atoms with Crippen LogP contribution in [0.5, 0.6) is 0 Å². The summed E-state index contributed by atoms with van der Waals surface area (Å²) in [6.07, 6.45) is 5.58. The summed E-state index contributed by atoms with van der Waals surface area (Å²) in [7, 11) is 0. The maximum atomic E-state index is 12.8. The number of carbonyl (C=O) groups excluding carboxylic acids is 1. The lowest BCUT2D eigenvalue weighted by molar-refractivity contribution is 0.0760. The molecular formula is C16H21BrO. The molecule has 1 aromatic carbocycles. The summed E-state index contributed by atoms with van der Waals surface area (Å²) in [6, 6.07) is 7.83. The van der Waals surface area contributed by atoms with E-state index in [0.717, 1.165) is 29.3 Å². The van der Waals surface area contributed by atoms with Gasteiger partial charge >= 0.3 is 0 Å². The third-order valence-electron chi connectivity index (χ3n) is 3.95. The van der Waals surface area contributed by atoms with E-state index < -0.39 is 0 Å². The van der Waals surface area contributed by atoms with E-state index in [-0.39, 0.29) is 5.41 Å². The quantitative estimate of drug-likeness (QED) is 0.695. The van der Waals surface area contributed by atoms with Crippen LogP contribution in [0, 0.1) is 11.3 Å². The summed E-state index contributed by atoms with van der Waals surface area (Å²) < 4.78 is 1.03. The lowest BCUT2D eigenvalue weighted by Crippen LogP contribution is -2.29. The van der Waals surface area contributed by atoms with Crippen LogP contribution in [0.15, 0.2) is 28.7 Å². The molecule has 0 saturated heterocycles. The lowest BCUT2D eigenvalue weighted by atomic mass is 9.73. The van der Waals surface area contributed by atoms with Gasteiger partial charge in [-0.05, 0) is 37.3 Å². The monoisotopic (exact) mass is 308 g/mol. The molecule has 0 aliphatic heterocycles. The summed E-state index contributed by atoms with van der Waals surface area (Å²) in [5.41, 5.74) is 0.794. The SMILES string of the molecule is CC(C)CC1(C(=O)c2ccc(Br)cc2)CCCC1. The van der Waals surface area contributed by atoms with Crippen molar-refractivity contribution in [3.8, 4) is 0 Å². The van der Waals surface area contributed by atoms with Gasteiger partial charge in [-0.3, -0.25) is 4.79 Å². The van der Waals surface area contributed by atoms with Gasteiger partial charge in [0.2, 0.25) is 0 Å². The Bertz CT molecular complexity index is 413. The molecular weight excluding hydrogens is 288 g/mol. The van der Waals surface area contributed by atoms with Crippen molar-refractivity contribution in [3.63, 3.8) is 0 Å². The predicted molar refractivity (Wildman–Crippen MR) is 78.8 cm³/mol. The number of carbonyl (C=O) groups is 1. The van der Waals surface area contributed by atoms with Gasteiger partial charge in [0.1, 0.15) is 0 Å². The maximum absolute atomic E-state index is 12.8. The van der Waals surface area contributed by atoms with Crippen molar-refractivity contribution >= 4 is 21.7 Å². The molecule has 0 bridgehead atoms. The average Bonchev–Trinajstić information content (AvgIpc) is 2.78. The van der Waals surface area contributed by atoms with E-state index >= 15 is 0 Å². The normalized spacial score (nSPS) is 18.2. The molecule has 1 aromatic rings. The molecule has 0 N–H and O–H groups in total. The Balaban J connectivity index is 2.26. The van der Waals surface area contributed by atoms with Crippen molar-refractivity contribution < 1.29 is 4.79 Å². The van der Waals surface area contributed by atoms with Crippen molar-refractivity contribution in [1.29, 1.82) is 0 Å². The first-order chi connectivity index (χ1) is 8.53. The number of hydrogen-bond donors (Lipinski definition) is 0. The first-order valence-corrected chi connectivity index (χ1v) is 7.63. The summed E-state index contributed by atoms with van der Waals surface area (Å²) in [5.74, 6) is 0.948. The van der Waals surface area contributed by atoms with Crippen LogP contribution in [-0.2, 0) is 0 Å². The number of benzene rings is 1. The van der Waals surface area contributed by atoms with Crippen molar-refractivity contribution in [2.24, 2.45) is 11.3 Å². The van der Waals surface area contributed by atoms with Crippen LogP contribution < -0.4 is 0 Å². The highest BCUT2D eigenvalue weighted by Crippen LogP contribution is 2.45. The van der Waals surface area contributed by atoms with Crippen molar-refractivity contribution in [1.82, 2.24) is 0 Å². The molecule has 0 heterocycles. The molecule has 0 spiro atoms. The van der Waals surface area contributed by atoms with Crippen LogP contribution >= 0.6 is 15.9 Å². The third kappa shape index (κ3) is 2.85. The van der Waals surface area contributed by atoms with E-state index in [1.807, 2.05) is 24.3 Å². The van der Waals surface area contributed by atoms with Gasteiger partial charge in [-0.25, -0.2) is 0 Å². The summed E-state index contributed by atoms with van der Waals surface area (Å²) in [5, 5.41) is 0. The Hall–Kier alpha value is -0.630. The molecule has 1 aliphatic rings. The van der Waals surface area contributed by atoms with E-state index in [1.54, 1.807) is 0 Å². The molecule has 0 radical (unpaired) electrons. The molecule has 2 heteroatoms. The van der Waals surface area contributed by atoms with Crippen LogP contribution in [0.3, 0.4) is 0 Å². The Kier molecular flexibility index (Phi) is 4.26. The van der Waals surface area contributed by atoms with Gasteiger partial charge in [-0.1, -0.05) is 54.8 Å². The first kappa shape index (κ1) is 13.8. The molecule has 0 atom stereocenters. The molecule has 0 amide bonds. The Labute approximate surface area is 118 Å². The molecule has 1 fully saturated rings. The Morgan fingerprint density at radius 3 is 2.28 bits per heavy atom. The number of hydrogen-bond acceptors (Lipinski definition) is 1. The lowest BCUT2D eigenvalue weighted by Gasteiger charge is -2.29. The highest BCUT2D eigenvalue weighted by atomic mass is 79.9. The van der Waals surface area contributed by atoms with Gasteiger partial charge in [-0.2, -0.15) is 0 Å². The fourth-order valence-corrected chi connectivity index (χ4v) is 3.53. The summed E-state index contributed by atoms with van der Waals surface area (Å²) in [6.45, 7) is 4.43. The standard InChI is InChI=1S/C16H21BrO/c1-12(2)11-16(9-3-4-10-16)15(18)13-5-7-14(17)8-6-13/h5-8,12H,3-4,9-11H2,1-2H3. The Morgan fingerprint density at radius 1 is 1.22 bits per heavy atom. The van der Waals surface area contributed by atoms with Crippen LogP contribution in [0.1, 0.15) is 56.3 Å². The topological polar surface area (TPSA) is 17.1 Å². The second-order valence-corrected chi connectivity index (χ2v) is 6.84. The summed E-state index contributed by atoms with van der Waals surface area (Å²) >= 11 is 3.42. The van der Waals surface area contributed by atoms with E-state index in [0.29, 0.717) is 11.7 Å². The number of Topliss-reactive ketones (excluding diaryl/α,β-unsaturated/α-hetero) is 1. The van der Waals surface area contributed by atoms with E-state index in [9.17, 15) is 4.79 Å². The van der Waals surface area contributed by atoms with Gasteiger partial charge in [0, 0.05) is 15.5 Å². The van der Waals surface area contributed by atoms with Gasteiger partial charge < -0.3 is 0 Å². The van der Waals surface area contributed by atoms with Gasteiger partial charge in [0.05, 0.1) is 0 Å². The zero-order valence-electron chi connectivity index (χ0n) is 11.2. The molecule has 2 rings (SSSR count). The molecule has 0 unspecified atom stereocenters. The van der Waals surface area contributed by atoms with Gasteiger partial charge in [0.25, 0.3) is 0 Å². The second kappa shape index (κ2) is 5.56. The molecule has 1 saturated carbocycles. The minimum absolute atomic E-state index is 0.0814. The van der Waals surface area contributed by atoms with E-state index in [2.05, 4.69) is 29.8 Å². The number of rotatable bonds is 4. The first-order valence-electron chi connectivity index (χ1n) is 6.84. The van der Waals surface area contributed by atoms with Crippen LogP contribution in [0.2, 0.25) is 0 Å². The number of halogens is 1. The highest BCUT2D eigenvalue weighted by Gasteiger charge is 2.41. The van der Waals surface area contributed by atoms with Crippen LogP contribution in [-0.4, -0.2) is 5.78 Å². The zero-order chi connectivity index (χ0) is 13.2. The summed E-state index contributed by atoms with van der Waals surface area (Å²) in [4.78, 5) is 12.8. The van der Waals surface area contributed by atoms with Crippen LogP contribution in [0.4, 0.5) is 0 Å². The fraction of sp³-hybridized carbons (Fsp3) is 0.562. The average molecular weight is 309 g/mol. The van der Waals surface area contributed by atoms with E-state index in [4.69, 9.17) is 0 Å². The molecule has 98 valence electrons. The van der Waals surface area contributed by atoms with Gasteiger partial charge in [-0.15, -0.1) is 0 Å². The molecule has 1 aliphatic carbocycles. The molecule has 0 aromatic heterocycles. The second-order valence-electron chi connectivity index (χ2n) is 5.92. The van der Waals surface area contributed by atoms with E-state index in [1.165, 1.54) is 12.8 Å². The van der Waals surface area contributed by atoms with Crippen LogP contribution in [0.25, 0.3) is 0 Å². The van der Waals surface area contributed by atoms with Gasteiger partial charge in [0.15, 0.2) is 5.78 Å². The van der Waals surface area contributed by atoms with Crippen molar-refractivity contribution in [2.75, 3.05) is 0 Å². The minimum Gasteiger partial charge on any atom is -0.294 e. The highest BCUT2D eigenvalue weighted by molar-refractivity contribution is 9.10. The maximum Gasteiger partial charge on any atom is 0.169 e. The molecule has 1 nitrogen and oxygen atoms in total. The predicted octanol–water partition coefficient (Wildman–Crippen LogP) is 5.24. The largest absolute Gasteiger partial charge is 0.294 e. The third-order valence-corrected chi connectivity index (χ3v) is 4.48. The Morgan fingerprint density at radius 2 is 1.78 bits per heavy atom. The minimum atomic E-state index is -0.0814. The fourth-order valence-electron chi connectivity index (χ4n) is 3.26. The van der Waals surface area contributed by atoms with Crippen molar-refractivity contribution in [2.45, 2.75) is 46.0 Å². The molecule has 18 heavy (non-hydrogen) atoms. The smallest absolute Gasteiger partial charge is 0.169 e.